The Labute approximate surface area is 126 Å². The molecular formula is C15H12BrFO2S. The van der Waals surface area contributed by atoms with Crippen molar-refractivity contribution in [2.75, 3.05) is 0 Å². The minimum atomic E-state index is -3.47. The fourth-order valence-electron chi connectivity index (χ4n) is 1.64. The molecule has 2 aromatic carbocycles. The highest BCUT2D eigenvalue weighted by molar-refractivity contribution is 9.13. The monoisotopic (exact) mass is 354 g/mol. The molecule has 0 atom stereocenters. The summed E-state index contributed by atoms with van der Waals surface area (Å²) >= 11 is 3.11. The molecule has 0 N–H and O–H groups in total. The van der Waals surface area contributed by atoms with Crippen molar-refractivity contribution in [3.63, 3.8) is 0 Å². The van der Waals surface area contributed by atoms with E-state index in [1.54, 1.807) is 6.08 Å². The molecule has 0 unspecified atom stereocenters. The Morgan fingerprint density at radius 2 is 1.65 bits per heavy atom. The van der Waals surface area contributed by atoms with E-state index in [1.807, 2.05) is 30.3 Å². The Morgan fingerprint density at radius 3 is 2.25 bits per heavy atom. The third-order valence-electron chi connectivity index (χ3n) is 2.65. The van der Waals surface area contributed by atoms with Crippen LogP contribution >= 0.6 is 15.9 Å². The molecule has 0 amide bonds. The number of sulfone groups is 1. The molecule has 0 aromatic heterocycles. The van der Waals surface area contributed by atoms with E-state index in [4.69, 9.17) is 0 Å². The molecule has 2 aromatic rings. The minimum Gasteiger partial charge on any atom is -0.223 e. The first-order valence-electron chi connectivity index (χ1n) is 5.87. The Bertz CT molecular complexity index is 707. The molecule has 5 heteroatoms. The van der Waals surface area contributed by atoms with Gasteiger partial charge in [-0.1, -0.05) is 42.5 Å². The van der Waals surface area contributed by atoms with Crippen LogP contribution < -0.4 is 0 Å². The Hall–Kier alpha value is -1.46. The maximum Gasteiger partial charge on any atom is 0.189 e. The lowest BCUT2D eigenvalue weighted by atomic mass is 10.2. The summed E-state index contributed by atoms with van der Waals surface area (Å²) in [5.41, 5.74) is 1.34. The van der Waals surface area contributed by atoms with Crippen molar-refractivity contribution >= 4 is 31.8 Å². The molecule has 2 rings (SSSR count). The molecular weight excluding hydrogens is 343 g/mol. The number of benzene rings is 2. The van der Waals surface area contributed by atoms with Crippen molar-refractivity contribution in [2.45, 2.75) is 5.75 Å². The Morgan fingerprint density at radius 1 is 1.05 bits per heavy atom. The molecule has 0 bridgehead atoms. The largest absolute Gasteiger partial charge is 0.223 e. The summed E-state index contributed by atoms with van der Waals surface area (Å²) in [6.45, 7) is 0. The van der Waals surface area contributed by atoms with Gasteiger partial charge in [0.05, 0.1) is 5.75 Å². The van der Waals surface area contributed by atoms with Gasteiger partial charge in [-0.25, -0.2) is 12.8 Å². The second-order valence-electron chi connectivity index (χ2n) is 4.24. The summed E-state index contributed by atoms with van der Waals surface area (Å²) < 4.78 is 37.3. The smallest absolute Gasteiger partial charge is 0.189 e. The molecule has 20 heavy (non-hydrogen) atoms. The standard InChI is InChI=1S/C15H12BrFO2S/c16-15(10-12-4-2-1-3-5-12)20(18,19)11-13-6-8-14(17)9-7-13/h1-10H,11H2/b15-10-. The molecule has 104 valence electrons. The molecule has 0 spiro atoms. The molecule has 0 heterocycles. The van der Waals surface area contributed by atoms with Gasteiger partial charge in [-0.3, -0.25) is 0 Å². The van der Waals surface area contributed by atoms with Crippen molar-refractivity contribution in [3.05, 3.63) is 75.4 Å². The fourth-order valence-corrected chi connectivity index (χ4v) is 3.33. The highest BCUT2D eigenvalue weighted by Gasteiger charge is 2.16. The quantitative estimate of drug-likeness (QED) is 0.826. The van der Waals surface area contributed by atoms with Crippen LogP contribution in [0.2, 0.25) is 0 Å². The van der Waals surface area contributed by atoms with E-state index in [9.17, 15) is 12.8 Å². The average molecular weight is 355 g/mol. The van der Waals surface area contributed by atoms with Gasteiger partial charge in [0, 0.05) is 0 Å². The van der Waals surface area contributed by atoms with E-state index in [2.05, 4.69) is 15.9 Å². The number of hydrogen-bond acceptors (Lipinski definition) is 2. The van der Waals surface area contributed by atoms with Gasteiger partial charge in [0.1, 0.15) is 9.63 Å². The third-order valence-corrected chi connectivity index (χ3v) is 5.78. The average Bonchev–Trinajstić information content (AvgIpc) is 2.42. The SMILES string of the molecule is O=S(=O)(Cc1ccc(F)cc1)/C(Br)=C\c1ccccc1. The molecule has 0 aliphatic rings. The zero-order valence-electron chi connectivity index (χ0n) is 10.5. The Kier molecular flexibility index (Phi) is 4.73. The van der Waals surface area contributed by atoms with Crippen LogP contribution in [0.1, 0.15) is 11.1 Å². The predicted octanol–water partition coefficient (Wildman–Crippen LogP) is 4.13. The second-order valence-corrected chi connectivity index (χ2v) is 7.58. The van der Waals surface area contributed by atoms with E-state index in [0.29, 0.717) is 5.56 Å². The van der Waals surface area contributed by atoms with Crippen LogP contribution in [-0.2, 0) is 15.6 Å². The van der Waals surface area contributed by atoms with E-state index in [0.717, 1.165) is 5.56 Å². The van der Waals surface area contributed by atoms with Crippen molar-refractivity contribution in [3.8, 4) is 0 Å². The van der Waals surface area contributed by atoms with Gasteiger partial charge in [-0.05, 0) is 45.3 Å². The van der Waals surface area contributed by atoms with Crippen LogP contribution in [0.15, 0.2) is 58.4 Å². The van der Waals surface area contributed by atoms with Gasteiger partial charge in [-0.2, -0.15) is 0 Å². The van der Waals surface area contributed by atoms with E-state index < -0.39 is 9.84 Å². The number of rotatable bonds is 4. The zero-order chi connectivity index (χ0) is 14.6. The van der Waals surface area contributed by atoms with Crippen molar-refractivity contribution in [2.24, 2.45) is 0 Å². The van der Waals surface area contributed by atoms with Crippen LogP contribution in [0.3, 0.4) is 0 Å². The second kappa shape index (κ2) is 6.33. The van der Waals surface area contributed by atoms with Crippen molar-refractivity contribution in [1.82, 2.24) is 0 Å². The zero-order valence-corrected chi connectivity index (χ0v) is 12.9. The molecule has 0 radical (unpaired) electrons. The minimum absolute atomic E-state index is 0.112. The Balaban J connectivity index is 2.22. The van der Waals surface area contributed by atoms with Crippen LogP contribution in [0.25, 0.3) is 6.08 Å². The summed E-state index contributed by atoms with van der Waals surface area (Å²) in [5.74, 6) is -0.554. The van der Waals surface area contributed by atoms with E-state index in [-0.39, 0.29) is 15.4 Å². The van der Waals surface area contributed by atoms with Crippen molar-refractivity contribution in [1.29, 1.82) is 0 Å². The highest BCUT2D eigenvalue weighted by Crippen LogP contribution is 2.22. The summed E-state index contributed by atoms with van der Waals surface area (Å²) in [7, 11) is -3.47. The number of hydrogen-bond donors (Lipinski definition) is 0. The molecule has 0 saturated heterocycles. The van der Waals surface area contributed by atoms with Crippen LogP contribution in [-0.4, -0.2) is 8.42 Å². The van der Waals surface area contributed by atoms with Crippen LogP contribution in [0, 0.1) is 5.82 Å². The van der Waals surface area contributed by atoms with Gasteiger partial charge in [-0.15, -0.1) is 0 Å². The van der Waals surface area contributed by atoms with E-state index >= 15 is 0 Å². The predicted molar refractivity (Wildman–Crippen MR) is 82.4 cm³/mol. The van der Waals surface area contributed by atoms with Crippen LogP contribution in [0.5, 0.6) is 0 Å². The third kappa shape index (κ3) is 4.02. The molecule has 0 aliphatic carbocycles. The number of halogens is 2. The van der Waals surface area contributed by atoms with Gasteiger partial charge >= 0.3 is 0 Å². The normalized spacial score (nSPS) is 12.4. The van der Waals surface area contributed by atoms with Gasteiger partial charge < -0.3 is 0 Å². The maximum absolute atomic E-state index is 12.8. The van der Waals surface area contributed by atoms with Crippen molar-refractivity contribution < 1.29 is 12.8 Å². The summed E-state index contributed by atoms with van der Waals surface area (Å²) in [4.78, 5) is 0. The lowest BCUT2D eigenvalue weighted by Crippen LogP contribution is -2.03. The van der Waals surface area contributed by atoms with Gasteiger partial charge in [0.15, 0.2) is 9.84 Å². The fraction of sp³-hybridized carbons (Fsp3) is 0.0667. The lowest BCUT2D eigenvalue weighted by Gasteiger charge is -2.04. The summed E-state index contributed by atoms with van der Waals surface area (Å²) in [6.07, 6.45) is 1.55. The van der Waals surface area contributed by atoms with E-state index in [1.165, 1.54) is 24.3 Å². The lowest BCUT2D eigenvalue weighted by molar-refractivity contribution is 0.603. The summed E-state index contributed by atoms with van der Waals surface area (Å²) in [5, 5.41) is 0. The van der Waals surface area contributed by atoms with Crippen LogP contribution in [0.4, 0.5) is 4.39 Å². The van der Waals surface area contributed by atoms with Gasteiger partial charge in [0.2, 0.25) is 0 Å². The summed E-state index contributed by atoms with van der Waals surface area (Å²) in [6, 6.07) is 14.6. The molecule has 0 fully saturated rings. The molecule has 2 nitrogen and oxygen atoms in total. The topological polar surface area (TPSA) is 34.1 Å². The molecule has 0 aliphatic heterocycles. The highest BCUT2D eigenvalue weighted by atomic mass is 79.9. The maximum atomic E-state index is 12.8. The molecule has 0 saturated carbocycles. The first kappa shape index (κ1) is 14.9. The first-order chi connectivity index (χ1) is 9.47. The van der Waals surface area contributed by atoms with Gasteiger partial charge in [0.25, 0.3) is 0 Å². The first-order valence-corrected chi connectivity index (χ1v) is 8.31.